The fraction of sp³-hybridized carbons (Fsp3) is 0.167. The van der Waals surface area contributed by atoms with Gasteiger partial charge in [-0.15, -0.1) is 11.3 Å². The Kier molecular flexibility index (Phi) is 3.84. The van der Waals surface area contributed by atoms with Crippen molar-refractivity contribution in [3.05, 3.63) is 44.9 Å². The second kappa shape index (κ2) is 5.37. The van der Waals surface area contributed by atoms with Gasteiger partial charge in [0.15, 0.2) is 0 Å². The van der Waals surface area contributed by atoms with Gasteiger partial charge in [-0.3, -0.25) is 4.79 Å². The quantitative estimate of drug-likeness (QED) is 0.850. The van der Waals surface area contributed by atoms with Gasteiger partial charge in [-0.1, -0.05) is 11.6 Å². The second-order valence-electron chi connectivity index (χ2n) is 3.80. The molecule has 0 unspecified atom stereocenters. The average Bonchev–Trinajstić information content (AvgIpc) is 2.75. The van der Waals surface area contributed by atoms with E-state index < -0.39 is 0 Å². The Bertz CT molecular complexity index is 582. The van der Waals surface area contributed by atoms with Crippen LogP contribution in [0.5, 0.6) is 0 Å². The highest BCUT2D eigenvalue weighted by Gasteiger charge is 2.11. The molecule has 2 aromatic rings. The fourth-order valence-electron chi connectivity index (χ4n) is 1.45. The van der Waals surface area contributed by atoms with Crippen LogP contribution in [0, 0.1) is 6.92 Å². The van der Waals surface area contributed by atoms with E-state index in [1.54, 1.807) is 18.2 Å². The zero-order valence-corrected chi connectivity index (χ0v) is 11.3. The van der Waals surface area contributed by atoms with E-state index in [1.165, 1.54) is 11.3 Å². The minimum Gasteiger partial charge on any atom is -0.399 e. The van der Waals surface area contributed by atoms with E-state index in [9.17, 15) is 4.79 Å². The highest BCUT2D eigenvalue weighted by Crippen LogP contribution is 2.19. The summed E-state index contributed by atoms with van der Waals surface area (Å²) in [5.41, 5.74) is 7.47. The number of benzene rings is 1. The molecule has 0 bridgehead atoms. The lowest BCUT2D eigenvalue weighted by Crippen LogP contribution is -2.23. The molecule has 94 valence electrons. The first-order chi connectivity index (χ1) is 8.56. The van der Waals surface area contributed by atoms with Gasteiger partial charge in [0.1, 0.15) is 5.01 Å². The first kappa shape index (κ1) is 12.9. The number of carbonyl (C=O) groups is 1. The van der Waals surface area contributed by atoms with Crippen LogP contribution >= 0.6 is 22.9 Å². The molecule has 0 aliphatic heterocycles. The summed E-state index contributed by atoms with van der Waals surface area (Å²) in [7, 11) is 0. The summed E-state index contributed by atoms with van der Waals surface area (Å²) in [4.78, 5) is 16.2. The van der Waals surface area contributed by atoms with E-state index in [0.717, 1.165) is 10.7 Å². The number of nitrogen functional groups attached to an aromatic ring is 1. The van der Waals surface area contributed by atoms with Crippen molar-refractivity contribution in [3.8, 4) is 0 Å². The van der Waals surface area contributed by atoms with Gasteiger partial charge in [0.25, 0.3) is 5.91 Å². The molecule has 18 heavy (non-hydrogen) atoms. The Balaban J connectivity index is 2.05. The van der Waals surface area contributed by atoms with E-state index in [1.807, 2.05) is 12.3 Å². The zero-order valence-electron chi connectivity index (χ0n) is 9.74. The molecule has 0 aliphatic carbocycles. The normalized spacial score (nSPS) is 10.3. The molecule has 1 heterocycles. The minimum absolute atomic E-state index is 0.250. The molecule has 0 radical (unpaired) electrons. The summed E-state index contributed by atoms with van der Waals surface area (Å²) >= 11 is 7.46. The van der Waals surface area contributed by atoms with Gasteiger partial charge in [-0.2, -0.15) is 0 Å². The van der Waals surface area contributed by atoms with Crippen LogP contribution < -0.4 is 11.1 Å². The lowest BCUT2D eigenvalue weighted by Gasteiger charge is -2.06. The van der Waals surface area contributed by atoms with E-state index in [4.69, 9.17) is 17.3 Å². The number of thiazole rings is 1. The summed E-state index contributed by atoms with van der Waals surface area (Å²) in [5, 5.41) is 5.95. The number of carbonyl (C=O) groups excluding carboxylic acids is 1. The maximum absolute atomic E-state index is 11.9. The number of rotatable bonds is 3. The molecule has 1 aromatic carbocycles. The summed E-state index contributed by atoms with van der Waals surface area (Å²) in [6.45, 7) is 2.30. The van der Waals surface area contributed by atoms with Gasteiger partial charge in [0.2, 0.25) is 0 Å². The third-order valence-corrected chi connectivity index (χ3v) is 3.60. The maximum Gasteiger partial charge on any atom is 0.253 e. The first-order valence-electron chi connectivity index (χ1n) is 5.30. The number of nitrogens with one attached hydrogen (secondary N) is 1. The molecule has 2 rings (SSSR count). The molecule has 6 heteroatoms. The molecule has 0 spiro atoms. The van der Waals surface area contributed by atoms with Gasteiger partial charge in [-0.05, 0) is 25.1 Å². The summed E-state index contributed by atoms with van der Waals surface area (Å²) in [6.07, 6.45) is 0. The van der Waals surface area contributed by atoms with Gasteiger partial charge in [0.05, 0.1) is 17.1 Å². The predicted molar refractivity (Wildman–Crippen MR) is 73.9 cm³/mol. The highest BCUT2D eigenvalue weighted by atomic mass is 35.5. The van der Waals surface area contributed by atoms with Gasteiger partial charge < -0.3 is 11.1 Å². The summed E-state index contributed by atoms with van der Waals surface area (Å²) < 4.78 is 0. The van der Waals surface area contributed by atoms with Crippen LogP contribution in [0.3, 0.4) is 0 Å². The number of aryl methyl sites for hydroxylation is 1. The van der Waals surface area contributed by atoms with Crippen LogP contribution in [0.4, 0.5) is 5.69 Å². The van der Waals surface area contributed by atoms with E-state index in [0.29, 0.717) is 22.8 Å². The minimum atomic E-state index is -0.250. The van der Waals surface area contributed by atoms with Crippen LogP contribution in [-0.2, 0) is 6.54 Å². The number of hydrogen-bond acceptors (Lipinski definition) is 4. The van der Waals surface area contributed by atoms with Crippen LogP contribution in [0.1, 0.15) is 21.1 Å². The Morgan fingerprint density at radius 3 is 3.00 bits per heavy atom. The van der Waals surface area contributed by atoms with Crippen LogP contribution in [0.2, 0.25) is 5.02 Å². The Morgan fingerprint density at radius 2 is 2.33 bits per heavy atom. The third kappa shape index (κ3) is 3.00. The van der Waals surface area contributed by atoms with Crippen molar-refractivity contribution in [2.24, 2.45) is 0 Å². The molecular formula is C12H12ClN3OS. The van der Waals surface area contributed by atoms with Gasteiger partial charge >= 0.3 is 0 Å². The smallest absolute Gasteiger partial charge is 0.253 e. The largest absolute Gasteiger partial charge is 0.399 e. The van der Waals surface area contributed by atoms with Crippen molar-refractivity contribution < 1.29 is 4.79 Å². The zero-order chi connectivity index (χ0) is 13.1. The standard InChI is InChI=1S/C12H12ClN3OS/c1-7-6-18-11(16-7)5-15-12(17)9-4-8(14)2-3-10(9)13/h2-4,6H,5,14H2,1H3,(H,15,17). The highest BCUT2D eigenvalue weighted by molar-refractivity contribution is 7.09. The van der Waals surface area contributed by atoms with E-state index in [-0.39, 0.29) is 5.91 Å². The topological polar surface area (TPSA) is 68.0 Å². The van der Waals surface area contributed by atoms with Crippen LogP contribution in [0.25, 0.3) is 0 Å². The fourth-order valence-corrected chi connectivity index (χ4v) is 2.37. The van der Waals surface area contributed by atoms with Crippen molar-refractivity contribution in [1.29, 1.82) is 0 Å². The summed E-state index contributed by atoms with van der Waals surface area (Å²) in [5.74, 6) is -0.250. The first-order valence-corrected chi connectivity index (χ1v) is 6.56. The van der Waals surface area contributed by atoms with Crippen LogP contribution in [-0.4, -0.2) is 10.9 Å². The number of amides is 1. The number of halogens is 1. The molecule has 0 fully saturated rings. The summed E-state index contributed by atoms with van der Waals surface area (Å²) in [6, 6.07) is 4.83. The molecule has 4 nitrogen and oxygen atoms in total. The van der Waals surface area contributed by atoms with Crippen molar-refractivity contribution in [2.75, 3.05) is 5.73 Å². The van der Waals surface area contributed by atoms with Crippen LogP contribution in [0.15, 0.2) is 23.6 Å². The number of anilines is 1. The molecule has 3 N–H and O–H groups in total. The lowest BCUT2D eigenvalue weighted by molar-refractivity contribution is 0.0951. The van der Waals surface area contributed by atoms with Gasteiger partial charge in [-0.25, -0.2) is 4.98 Å². The van der Waals surface area contributed by atoms with Gasteiger partial charge in [0, 0.05) is 16.8 Å². The third-order valence-electron chi connectivity index (χ3n) is 2.30. The molecule has 0 atom stereocenters. The van der Waals surface area contributed by atoms with E-state index >= 15 is 0 Å². The molecule has 0 aliphatic rings. The van der Waals surface area contributed by atoms with Crippen molar-refractivity contribution in [2.45, 2.75) is 13.5 Å². The maximum atomic E-state index is 11.9. The monoisotopic (exact) mass is 281 g/mol. The number of hydrogen-bond donors (Lipinski definition) is 2. The molecule has 0 saturated heterocycles. The molecule has 1 aromatic heterocycles. The molecular weight excluding hydrogens is 270 g/mol. The number of nitrogens with two attached hydrogens (primary N) is 1. The Labute approximate surface area is 114 Å². The van der Waals surface area contributed by atoms with Crippen molar-refractivity contribution in [3.63, 3.8) is 0 Å². The molecule has 0 saturated carbocycles. The lowest BCUT2D eigenvalue weighted by atomic mass is 10.2. The Morgan fingerprint density at radius 1 is 1.56 bits per heavy atom. The SMILES string of the molecule is Cc1csc(CNC(=O)c2cc(N)ccc2Cl)n1. The second-order valence-corrected chi connectivity index (χ2v) is 5.15. The van der Waals surface area contributed by atoms with E-state index in [2.05, 4.69) is 10.3 Å². The van der Waals surface area contributed by atoms with Crippen molar-refractivity contribution in [1.82, 2.24) is 10.3 Å². The van der Waals surface area contributed by atoms with Crippen molar-refractivity contribution >= 4 is 34.5 Å². The Hall–Kier alpha value is -1.59. The number of nitrogens with zero attached hydrogens (tertiary/aromatic N) is 1. The predicted octanol–water partition coefficient (Wildman–Crippen LogP) is 2.62. The number of aromatic nitrogens is 1. The average molecular weight is 282 g/mol. The molecule has 1 amide bonds.